The second-order valence-electron chi connectivity index (χ2n) is 3.13. The molecule has 0 heterocycles. The normalized spacial score (nSPS) is 12.8. The van der Waals surface area contributed by atoms with Crippen LogP contribution in [-0.4, -0.2) is 36.4 Å². The van der Waals surface area contributed by atoms with Crippen molar-refractivity contribution in [2.24, 2.45) is 0 Å². The van der Waals surface area contributed by atoms with Gasteiger partial charge in [-0.15, -0.1) is 0 Å². The summed E-state index contributed by atoms with van der Waals surface area (Å²) in [6.45, 7) is 6.47. The van der Waals surface area contributed by atoms with Gasteiger partial charge in [0.2, 0.25) is 10.0 Å². The zero-order valence-electron chi connectivity index (χ0n) is 8.46. The Morgan fingerprint density at radius 1 is 1.38 bits per heavy atom. The Morgan fingerprint density at radius 2 is 1.92 bits per heavy atom. The second kappa shape index (κ2) is 5.98. The van der Waals surface area contributed by atoms with Gasteiger partial charge in [-0.1, -0.05) is 22.9 Å². The van der Waals surface area contributed by atoms with Crippen molar-refractivity contribution >= 4 is 26.0 Å². The Morgan fingerprint density at radius 3 is 2.23 bits per heavy atom. The van der Waals surface area contributed by atoms with Gasteiger partial charge in [-0.05, 0) is 20.3 Å². The van der Waals surface area contributed by atoms with E-state index in [1.807, 2.05) is 6.92 Å². The minimum absolute atomic E-state index is 0.317. The predicted molar refractivity (Wildman–Crippen MR) is 59.7 cm³/mol. The maximum Gasteiger partial charge on any atom is 0.216 e. The first kappa shape index (κ1) is 13.4. The first-order chi connectivity index (χ1) is 5.96. The fourth-order valence-corrected chi connectivity index (χ4v) is 2.59. The van der Waals surface area contributed by atoms with Crippen LogP contribution in [0.5, 0.6) is 0 Å². The van der Waals surface area contributed by atoms with Crippen molar-refractivity contribution in [2.45, 2.75) is 32.4 Å². The Balaban J connectivity index is 4.39. The third kappa shape index (κ3) is 3.95. The quantitative estimate of drug-likeness (QED) is 0.692. The molecular weight excluding hydrogens is 254 g/mol. The highest BCUT2D eigenvalue weighted by Gasteiger charge is 2.23. The smallest absolute Gasteiger partial charge is 0.212 e. The maximum absolute atomic E-state index is 11.7. The van der Waals surface area contributed by atoms with Gasteiger partial charge in [0.25, 0.3) is 0 Å². The summed E-state index contributed by atoms with van der Waals surface area (Å²) < 4.78 is 24.9. The van der Waals surface area contributed by atoms with Gasteiger partial charge in [0.1, 0.15) is 0 Å². The summed E-state index contributed by atoms with van der Waals surface area (Å²) in [5.41, 5.74) is 0. The van der Waals surface area contributed by atoms with E-state index >= 15 is 0 Å². The summed E-state index contributed by atoms with van der Waals surface area (Å²) in [6.07, 6.45) is 0.861. The highest BCUT2D eigenvalue weighted by molar-refractivity contribution is 9.09. The standard InChI is InChI=1S/C8H18BrNO2S/c1-4-10(7-5-6-9)13(11,12)8(2)3/h8H,4-7H2,1-3H3. The largest absolute Gasteiger partial charge is 0.216 e. The second-order valence-corrected chi connectivity index (χ2v) is 6.41. The lowest BCUT2D eigenvalue weighted by atomic mass is 10.5. The zero-order valence-corrected chi connectivity index (χ0v) is 10.9. The molecule has 0 unspecified atom stereocenters. The van der Waals surface area contributed by atoms with Gasteiger partial charge in [-0.25, -0.2) is 12.7 Å². The molecule has 0 saturated carbocycles. The number of halogens is 1. The van der Waals surface area contributed by atoms with Gasteiger partial charge in [0, 0.05) is 18.4 Å². The van der Waals surface area contributed by atoms with Gasteiger partial charge in [0.15, 0.2) is 0 Å². The zero-order chi connectivity index (χ0) is 10.5. The first-order valence-corrected chi connectivity index (χ1v) is 7.14. The molecule has 0 aromatic rings. The van der Waals surface area contributed by atoms with E-state index in [2.05, 4.69) is 15.9 Å². The first-order valence-electron chi connectivity index (χ1n) is 4.51. The van der Waals surface area contributed by atoms with Crippen molar-refractivity contribution in [3.8, 4) is 0 Å². The average Bonchev–Trinajstić information content (AvgIpc) is 2.05. The predicted octanol–water partition coefficient (Wildman–Crippen LogP) is 1.83. The summed E-state index contributed by atoms with van der Waals surface area (Å²) in [4.78, 5) is 0. The van der Waals surface area contributed by atoms with E-state index in [9.17, 15) is 8.42 Å². The molecule has 0 aromatic carbocycles. The molecule has 3 nitrogen and oxygen atoms in total. The number of rotatable bonds is 6. The summed E-state index contributed by atoms with van der Waals surface area (Å²) in [6, 6.07) is 0. The maximum atomic E-state index is 11.7. The molecule has 0 fully saturated rings. The molecule has 5 heteroatoms. The topological polar surface area (TPSA) is 37.4 Å². The Hall–Kier alpha value is 0.390. The number of hydrogen-bond acceptors (Lipinski definition) is 2. The van der Waals surface area contributed by atoms with Gasteiger partial charge < -0.3 is 0 Å². The Kier molecular flexibility index (Phi) is 6.16. The van der Waals surface area contributed by atoms with Gasteiger partial charge in [-0.3, -0.25) is 0 Å². The van der Waals surface area contributed by atoms with Crippen molar-refractivity contribution in [3.63, 3.8) is 0 Å². The van der Waals surface area contributed by atoms with Gasteiger partial charge >= 0.3 is 0 Å². The van der Waals surface area contributed by atoms with E-state index < -0.39 is 10.0 Å². The number of nitrogens with zero attached hydrogens (tertiary/aromatic N) is 1. The molecule has 0 aliphatic rings. The lowest BCUT2D eigenvalue weighted by molar-refractivity contribution is 0.423. The lowest BCUT2D eigenvalue weighted by Crippen LogP contribution is -2.37. The minimum atomic E-state index is -3.05. The van der Waals surface area contributed by atoms with Crippen LogP contribution in [0.2, 0.25) is 0 Å². The van der Waals surface area contributed by atoms with Crippen molar-refractivity contribution in [2.75, 3.05) is 18.4 Å². The van der Waals surface area contributed by atoms with Crippen molar-refractivity contribution in [3.05, 3.63) is 0 Å². The summed E-state index contributed by atoms with van der Waals surface area (Å²) in [5, 5.41) is 0.527. The number of alkyl halides is 1. The molecule has 0 aliphatic heterocycles. The number of hydrogen-bond donors (Lipinski definition) is 0. The van der Waals surface area contributed by atoms with Crippen LogP contribution in [0, 0.1) is 0 Å². The monoisotopic (exact) mass is 271 g/mol. The highest BCUT2D eigenvalue weighted by atomic mass is 79.9. The van der Waals surface area contributed by atoms with E-state index in [1.54, 1.807) is 18.2 Å². The molecule has 0 bridgehead atoms. The molecule has 0 rings (SSSR count). The molecule has 0 spiro atoms. The van der Waals surface area contributed by atoms with Crippen molar-refractivity contribution < 1.29 is 8.42 Å². The summed E-state index contributed by atoms with van der Waals surface area (Å²) in [5.74, 6) is 0. The molecule has 0 amide bonds. The fraction of sp³-hybridized carbons (Fsp3) is 1.00. The minimum Gasteiger partial charge on any atom is -0.212 e. The molecular formula is C8H18BrNO2S. The van der Waals surface area contributed by atoms with E-state index in [0.29, 0.717) is 13.1 Å². The Bertz CT molecular complexity index is 226. The van der Waals surface area contributed by atoms with Crippen LogP contribution in [-0.2, 0) is 10.0 Å². The lowest BCUT2D eigenvalue weighted by Gasteiger charge is -2.22. The molecule has 13 heavy (non-hydrogen) atoms. The van der Waals surface area contributed by atoms with Gasteiger partial charge in [0.05, 0.1) is 5.25 Å². The molecule has 0 aliphatic carbocycles. The van der Waals surface area contributed by atoms with E-state index in [1.165, 1.54) is 0 Å². The van der Waals surface area contributed by atoms with Crippen LogP contribution in [0.15, 0.2) is 0 Å². The van der Waals surface area contributed by atoms with Crippen LogP contribution in [0.25, 0.3) is 0 Å². The third-order valence-corrected chi connectivity index (χ3v) is 4.76. The molecule has 0 N–H and O–H groups in total. The third-order valence-electron chi connectivity index (χ3n) is 1.85. The van der Waals surface area contributed by atoms with Crippen LogP contribution in [0.4, 0.5) is 0 Å². The van der Waals surface area contributed by atoms with E-state index in [4.69, 9.17) is 0 Å². The van der Waals surface area contributed by atoms with Crippen molar-refractivity contribution in [1.29, 1.82) is 0 Å². The highest BCUT2D eigenvalue weighted by Crippen LogP contribution is 2.09. The van der Waals surface area contributed by atoms with Crippen molar-refractivity contribution in [1.82, 2.24) is 4.31 Å². The van der Waals surface area contributed by atoms with Crippen LogP contribution >= 0.6 is 15.9 Å². The Labute approximate surface area is 89.7 Å². The molecule has 80 valence electrons. The number of sulfonamides is 1. The van der Waals surface area contributed by atoms with Gasteiger partial charge in [-0.2, -0.15) is 0 Å². The SMILES string of the molecule is CCN(CCCBr)S(=O)(=O)C(C)C. The van der Waals surface area contributed by atoms with E-state index in [0.717, 1.165) is 11.8 Å². The molecule has 0 saturated heterocycles. The fourth-order valence-electron chi connectivity index (χ4n) is 1.000. The summed E-state index contributed by atoms with van der Waals surface area (Å²) in [7, 11) is -3.05. The van der Waals surface area contributed by atoms with Crippen LogP contribution < -0.4 is 0 Å². The summed E-state index contributed by atoms with van der Waals surface area (Å²) >= 11 is 3.29. The molecule has 0 atom stereocenters. The van der Waals surface area contributed by atoms with Crippen LogP contribution in [0.1, 0.15) is 27.2 Å². The van der Waals surface area contributed by atoms with Crippen LogP contribution in [0.3, 0.4) is 0 Å². The average molecular weight is 272 g/mol. The molecule has 0 aromatic heterocycles. The van der Waals surface area contributed by atoms with E-state index in [-0.39, 0.29) is 5.25 Å². The molecule has 0 radical (unpaired) electrons.